The number of sulfonamides is 1. The fraction of sp³-hybridized carbons (Fsp3) is 0.452. The minimum absolute atomic E-state index is 0.00906. The molecule has 0 spiro atoms. The van der Waals surface area contributed by atoms with E-state index in [1.165, 1.54) is 20.0 Å². The molecule has 0 unspecified atom stereocenters. The van der Waals surface area contributed by atoms with Crippen LogP contribution in [0, 0.1) is 11.6 Å². The summed E-state index contributed by atoms with van der Waals surface area (Å²) in [7, 11) is -1.62. The van der Waals surface area contributed by atoms with Crippen molar-refractivity contribution in [1.29, 1.82) is 0 Å². The molecule has 3 aromatic rings. The van der Waals surface area contributed by atoms with Gasteiger partial charge >= 0.3 is 6.09 Å². The average Bonchev–Trinajstić information content (AvgIpc) is 3.68. The van der Waals surface area contributed by atoms with E-state index in [0.717, 1.165) is 40.8 Å². The molecule has 2 aromatic carbocycles. The molecular formula is C31H38F2N6O7S. The van der Waals surface area contributed by atoms with Crippen LogP contribution >= 0.6 is 0 Å². The first-order valence-corrected chi connectivity index (χ1v) is 16.7. The maximum Gasteiger partial charge on any atom is 0.434 e. The van der Waals surface area contributed by atoms with Crippen molar-refractivity contribution in [3.63, 3.8) is 0 Å². The molecule has 0 radical (unpaired) electrons. The predicted octanol–water partition coefficient (Wildman–Crippen LogP) is 3.70. The van der Waals surface area contributed by atoms with Gasteiger partial charge in [-0.2, -0.15) is 8.99 Å². The number of anilines is 2. The molecule has 2 aliphatic rings. The van der Waals surface area contributed by atoms with Crippen LogP contribution in [0.3, 0.4) is 0 Å². The third-order valence-corrected chi connectivity index (χ3v) is 9.83. The summed E-state index contributed by atoms with van der Waals surface area (Å²) in [6.07, 6.45) is 1.53. The van der Waals surface area contributed by atoms with Crippen LogP contribution in [0.2, 0.25) is 0 Å². The Balaban J connectivity index is 1.42. The molecule has 0 aliphatic carbocycles. The van der Waals surface area contributed by atoms with E-state index in [-0.39, 0.29) is 42.5 Å². The van der Waals surface area contributed by atoms with Crippen LogP contribution in [-0.2, 0) is 32.5 Å². The van der Waals surface area contributed by atoms with Gasteiger partial charge in [-0.05, 0) is 57.1 Å². The van der Waals surface area contributed by atoms with Gasteiger partial charge < -0.3 is 24.8 Å². The van der Waals surface area contributed by atoms with Gasteiger partial charge in [0.1, 0.15) is 24.0 Å². The Morgan fingerprint density at radius 1 is 1.04 bits per heavy atom. The molecule has 1 saturated heterocycles. The summed E-state index contributed by atoms with van der Waals surface area (Å²) in [5, 5.41) is 10.3. The van der Waals surface area contributed by atoms with Crippen molar-refractivity contribution in [3.8, 4) is 5.75 Å². The number of ether oxygens (including phenoxy) is 3. The SMILES string of the molecule is COC[C@@H](C)Nc1cc(OCCN2CCCC2)ccc1C(=O)Nc1nn(C(=O)OC)c2c1CN(S(=O)(=O)c1cc(F)cc(F)c1)CC2. The monoisotopic (exact) mass is 676 g/mol. The zero-order valence-corrected chi connectivity index (χ0v) is 27.2. The van der Waals surface area contributed by atoms with Gasteiger partial charge in [0, 0.05) is 56.9 Å². The van der Waals surface area contributed by atoms with Gasteiger partial charge in [0.25, 0.3) is 5.91 Å². The quantitative estimate of drug-likeness (QED) is 0.292. The second-order valence-electron chi connectivity index (χ2n) is 11.4. The fourth-order valence-corrected chi connectivity index (χ4v) is 7.18. The number of likely N-dealkylation sites (tertiary alicyclic amines) is 1. The number of carbonyl (C=O) groups is 2. The molecule has 2 N–H and O–H groups in total. The molecule has 1 fully saturated rings. The number of hydrogen-bond donors (Lipinski definition) is 2. The van der Waals surface area contributed by atoms with Gasteiger partial charge in [0.05, 0.1) is 35.6 Å². The summed E-state index contributed by atoms with van der Waals surface area (Å²) in [5.74, 6) is -2.18. The van der Waals surface area contributed by atoms with E-state index in [9.17, 15) is 26.8 Å². The Morgan fingerprint density at radius 2 is 1.77 bits per heavy atom. The van der Waals surface area contributed by atoms with Crippen molar-refractivity contribution in [3.05, 3.63) is 64.9 Å². The molecule has 0 saturated carbocycles. The van der Waals surface area contributed by atoms with E-state index < -0.39 is 38.6 Å². The second-order valence-corrected chi connectivity index (χ2v) is 13.3. The first-order valence-electron chi connectivity index (χ1n) is 15.2. The number of hydrogen-bond acceptors (Lipinski definition) is 10. The minimum atomic E-state index is -4.36. The average molecular weight is 677 g/mol. The Labute approximate surface area is 271 Å². The van der Waals surface area contributed by atoms with Crippen molar-refractivity contribution < 1.29 is 41.0 Å². The molecule has 5 rings (SSSR count). The number of benzene rings is 2. The highest BCUT2D eigenvalue weighted by Gasteiger charge is 2.35. The zero-order chi connectivity index (χ0) is 33.7. The number of fused-ring (bicyclic) bond motifs is 1. The Morgan fingerprint density at radius 3 is 2.45 bits per heavy atom. The maximum absolute atomic E-state index is 13.9. The summed E-state index contributed by atoms with van der Waals surface area (Å²) in [5.41, 5.74) is 1.26. The molecule has 254 valence electrons. The van der Waals surface area contributed by atoms with E-state index in [2.05, 4.69) is 20.6 Å². The molecule has 47 heavy (non-hydrogen) atoms. The van der Waals surface area contributed by atoms with Crippen LogP contribution in [0.4, 0.5) is 25.1 Å². The van der Waals surface area contributed by atoms with E-state index in [1.54, 1.807) is 25.3 Å². The number of halogens is 2. The molecule has 16 heteroatoms. The number of carbonyl (C=O) groups excluding carboxylic acids is 2. The van der Waals surface area contributed by atoms with Crippen molar-refractivity contribution in [2.75, 3.05) is 64.2 Å². The Kier molecular flexibility index (Phi) is 10.7. The van der Waals surface area contributed by atoms with Crippen molar-refractivity contribution >= 4 is 33.5 Å². The lowest BCUT2D eigenvalue weighted by Gasteiger charge is -2.27. The largest absolute Gasteiger partial charge is 0.492 e. The van der Waals surface area contributed by atoms with Gasteiger partial charge in [-0.1, -0.05) is 0 Å². The highest BCUT2D eigenvalue weighted by molar-refractivity contribution is 7.89. The summed E-state index contributed by atoms with van der Waals surface area (Å²) in [4.78, 5) is 28.1. The predicted molar refractivity (Wildman–Crippen MR) is 168 cm³/mol. The Bertz CT molecular complexity index is 1710. The molecular weight excluding hydrogens is 638 g/mol. The number of nitrogens with one attached hydrogen (secondary N) is 2. The molecule has 13 nitrogen and oxygen atoms in total. The highest BCUT2D eigenvalue weighted by atomic mass is 32.2. The van der Waals surface area contributed by atoms with E-state index >= 15 is 0 Å². The molecule has 3 heterocycles. The summed E-state index contributed by atoms with van der Waals surface area (Å²) < 4.78 is 72.7. The number of nitrogens with zero attached hydrogens (tertiary/aromatic N) is 4. The van der Waals surface area contributed by atoms with Crippen LogP contribution < -0.4 is 15.4 Å². The lowest BCUT2D eigenvalue weighted by Crippen LogP contribution is -2.37. The van der Waals surface area contributed by atoms with Gasteiger partial charge in [-0.25, -0.2) is 22.0 Å². The molecule has 2 aliphatic heterocycles. The van der Waals surface area contributed by atoms with E-state index in [0.29, 0.717) is 36.4 Å². The summed E-state index contributed by atoms with van der Waals surface area (Å²) >= 11 is 0. The van der Waals surface area contributed by atoms with Crippen LogP contribution in [0.5, 0.6) is 5.75 Å². The second kappa shape index (κ2) is 14.8. The molecule has 1 aromatic heterocycles. The van der Waals surface area contributed by atoms with Gasteiger partial charge in [-0.3, -0.25) is 9.69 Å². The van der Waals surface area contributed by atoms with Gasteiger partial charge in [0.15, 0.2) is 5.82 Å². The smallest absolute Gasteiger partial charge is 0.434 e. The lowest BCUT2D eigenvalue weighted by molar-refractivity contribution is 0.102. The van der Waals surface area contributed by atoms with Crippen LogP contribution in [-0.4, -0.2) is 99.1 Å². The van der Waals surface area contributed by atoms with Crippen LogP contribution in [0.25, 0.3) is 0 Å². The summed E-state index contributed by atoms with van der Waals surface area (Å²) in [6, 6.07) is 6.86. The van der Waals surface area contributed by atoms with Crippen molar-refractivity contribution in [2.24, 2.45) is 0 Å². The Hall–Kier alpha value is -4.12. The minimum Gasteiger partial charge on any atom is -0.492 e. The molecule has 1 atom stereocenters. The van der Waals surface area contributed by atoms with Gasteiger partial charge in [0.2, 0.25) is 10.0 Å². The van der Waals surface area contributed by atoms with E-state index in [1.807, 2.05) is 6.92 Å². The third kappa shape index (κ3) is 7.89. The van der Waals surface area contributed by atoms with Crippen LogP contribution in [0.15, 0.2) is 41.3 Å². The highest BCUT2D eigenvalue weighted by Crippen LogP contribution is 2.32. The fourth-order valence-electron chi connectivity index (χ4n) is 5.73. The zero-order valence-electron chi connectivity index (χ0n) is 26.4. The van der Waals surface area contributed by atoms with Crippen LogP contribution in [0.1, 0.15) is 41.4 Å². The van der Waals surface area contributed by atoms with Crippen molar-refractivity contribution in [1.82, 2.24) is 19.0 Å². The third-order valence-electron chi connectivity index (χ3n) is 8.00. The number of methoxy groups -OCH3 is 2. The maximum atomic E-state index is 13.9. The normalized spacial score (nSPS) is 16.0. The first kappa shape index (κ1) is 34.2. The van der Waals surface area contributed by atoms with Gasteiger partial charge in [-0.15, -0.1) is 5.10 Å². The van der Waals surface area contributed by atoms with E-state index in [4.69, 9.17) is 14.2 Å². The standard InChI is InChI=1S/C31H38F2N6O7S/c1-20(19-44-2)34-27-17-23(46-13-12-37-9-4-5-10-37)6-7-25(27)30(40)35-29-26-18-38(11-8-28(26)39(36-29)31(41)45-3)47(42,43)24-15-21(32)14-22(33)16-24/h6-7,14-17,20,34H,4-5,8-13,18-19H2,1-3H3,(H,35,36,40)/t20-/m1/s1. The van der Waals surface area contributed by atoms with Crippen molar-refractivity contribution in [2.45, 2.75) is 43.7 Å². The number of aromatic nitrogens is 2. The molecule has 0 bridgehead atoms. The molecule has 1 amide bonds. The number of rotatable bonds is 12. The first-order chi connectivity index (χ1) is 22.5. The lowest BCUT2D eigenvalue weighted by atomic mass is 10.1. The summed E-state index contributed by atoms with van der Waals surface area (Å²) in [6.45, 7) is 5.17. The number of amides is 1. The topological polar surface area (TPSA) is 144 Å².